The van der Waals surface area contributed by atoms with Crippen LogP contribution >= 0.6 is 11.6 Å². The van der Waals surface area contributed by atoms with Crippen LogP contribution in [-0.4, -0.2) is 23.5 Å². The zero-order valence-corrected chi connectivity index (χ0v) is 9.63. The van der Waals surface area contributed by atoms with Crippen LogP contribution in [0.1, 0.15) is 19.3 Å². The Morgan fingerprint density at radius 3 is 3.12 bits per heavy atom. The van der Waals surface area contributed by atoms with E-state index in [0.29, 0.717) is 10.8 Å². The van der Waals surface area contributed by atoms with Crippen LogP contribution in [0, 0.1) is 0 Å². The first-order valence-electron chi connectivity index (χ1n) is 5.42. The first-order valence-corrected chi connectivity index (χ1v) is 5.80. The third-order valence-corrected chi connectivity index (χ3v) is 2.93. The van der Waals surface area contributed by atoms with Gasteiger partial charge in [-0.3, -0.25) is 4.79 Å². The molecule has 1 amide bonds. The van der Waals surface area contributed by atoms with Crippen LogP contribution in [0.4, 0.5) is 5.82 Å². The second-order valence-corrected chi connectivity index (χ2v) is 4.23. The first-order chi connectivity index (χ1) is 7.77. The molecule has 4 nitrogen and oxygen atoms in total. The molecule has 1 aromatic heterocycles. The molecule has 1 saturated heterocycles. The van der Waals surface area contributed by atoms with E-state index in [1.807, 2.05) is 0 Å². The predicted molar refractivity (Wildman–Crippen MR) is 63.5 cm³/mol. The van der Waals surface area contributed by atoms with Gasteiger partial charge in [-0.2, -0.15) is 0 Å². The molecule has 86 valence electrons. The van der Waals surface area contributed by atoms with Crippen molar-refractivity contribution in [3.05, 3.63) is 23.4 Å². The Morgan fingerprint density at radius 1 is 1.56 bits per heavy atom. The van der Waals surface area contributed by atoms with Gasteiger partial charge in [-0.05, 0) is 31.5 Å². The third-order valence-electron chi connectivity index (χ3n) is 2.63. The number of aromatic nitrogens is 1. The molecule has 1 fully saturated rings. The number of carbonyl (C=O) groups is 1. The SMILES string of the molecule is O=C(Nc1ncccc1Cl)[C@@H]1CCCCN1. The molecule has 16 heavy (non-hydrogen) atoms. The molecular formula is C11H14ClN3O. The van der Waals surface area contributed by atoms with Gasteiger partial charge in [-0.1, -0.05) is 18.0 Å². The summed E-state index contributed by atoms with van der Waals surface area (Å²) in [6.07, 6.45) is 4.70. The molecule has 1 atom stereocenters. The lowest BCUT2D eigenvalue weighted by molar-refractivity contribution is -0.118. The van der Waals surface area contributed by atoms with E-state index >= 15 is 0 Å². The fourth-order valence-corrected chi connectivity index (χ4v) is 1.93. The average molecular weight is 240 g/mol. The Labute approximate surface area is 99.4 Å². The van der Waals surface area contributed by atoms with Crippen LogP contribution in [0.15, 0.2) is 18.3 Å². The summed E-state index contributed by atoms with van der Waals surface area (Å²) in [4.78, 5) is 15.9. The highest BCUT2D eigenvalue weighted by atomic mass is 35.5. The summed E-state index contributed by atoms with van der Waals surface area (Å²) in [5, 5.41) is 6.38. The Kier molecular flexibility index (Phi) is 3.74. The molecule has 2 N–H and O–H groups in total. The van der Waals surface area contributed by atoms with Gasteiger partial charge >= 0.3 is 0 Å². The molecule has 0 spiro atoms. The zero-order chi connectivity index (χ0) is 11.4. The number of halogens is 1. The minimum Gasteiger partial charge on any atom is -0.308 e. The molecule has 1 aromatic rings. The van der Waals surface area contributed by atoms with Gasteiger partial charge in [0.15, 0.2) is 5.82 Å². The maximum absolute atomic E-state index is 11.8. The number of anilines is 1. The lowest BCUT2D eigenvalue weighted by atomic mass is 10.0. The van der Waals surface area contributed by atoms with Crippen molar-refractivity contribution in [1.82, 2.24) is 10.3 Å². The molecular weight excluding hydrogens is 226 g/mol. The van der Waals surface area contributed by atoms with Gasteiger partial charge in [0.05, 0.1) is 11.1 Å². The van der Waals surface area contributed by atoms with E-state index in [1.165, 1.54) is 0 Å². The molecule has 2 rings (SSSR count). The minimum absolute atomic E-state index is 0.0553. The maximum Gasteiger partial charge on any atom is 0.242 e. The topological polar surface area (TPSA) is 54.0 Å². The molecule has 0 unspecified atom stereocenters. The van der Waals surface area contributed by atoms with Crippen molar-refractivity contribution in [2.24, 2.45) is 0 Å². The van der Waals surface area contributed by atoms with E-state index in [-0.39, 0.29) is 11.9 Å². The summed E-state index contributed by atoms with van der Waals surface area (Å²) in [5.74, 6) is 0.377. The van der Waals surface area contributed by atoms with Gasteiger partial charge in [0.25, 0.3) is 0 Å². The smallest absolute Gasteiger partial charge is 0.242 e. The molecule has 1 aliphatic rings. The highest BCUT2D eigenvalue weighted by molar-refractivity contribution is 6.33. The zero-order valence-electron chi connectivity index (χ0n) is 8.87. The van der Waals surface area contributed by atoms with Crippen molar-refractivity contribution < 1.29 is 4.79 Å². The Bertz CT molecular complexity index is 377. The van der Waals surface area contributed by atoms with Gasteiger partial charge in [-0.25, -0.2) is 4.98 Å². The second-order valence-electron chi connectivity index (χ2n) is 3.83. The van der Waals surface area contributed by atoms with Crippen LogP contribution in [0.25, 0.3) is 0 Å². The molecule has 0 aliphatic carbocycles. The number of rotatable bonds is 2. The van der Waals surface area contributed by atoms with Gasteiger partial charge in [-0.15, -0.1) is 0 Å². The predicted octanol–water partition coefficient (Wildman–Crippen LogP) is 1.82. The lowest BCUT2D eigenvalue weighted by Gasteiger charge is -2.22. The van der Waals surface area contributed by atoms with E-state index < -0.39 is 0 Å². The van der Waals surface area contributed by atoms with Crippen molar-refractivity contribution in [2.45, 2.75) is 25.3 Å². The second kappa shape index (κ2) is 5.27. The highest BCUT2D eigenvalue weighted by Crippen LogP contribution is 2.18. The number of nitrogens with zero attached hydrogens (tertiary/aromatic N) is 1. The number of amides is 1. The highest BCUT2D eigenvalue weighted by Gasteiger charge is 2.21. The van der Waals surface area contributed by atoms with Crippen LogP contribution in [-0.2, 0) is 4.79 Å². The van der Waals surface area contributed by atoms with E-state index in [1.54, 1.807) is 18.3 Å². The molecule has 1 aliphatic heterocycles. The summed E-state index contributed by atoms with van der Waals surface area (Å²) < 4.78 is 0. The van der Waals surface area contributed by atoms with Crippen molar-refractivity contribution in [2.75, 3.05) is 11.9 Å². The Hall–Kier alpha value is -1.13. The van der Waals surface area contributed by atoms with Crippen molar-refractivity contribution in [3.63, 3.8) is 0 Å². The third kappa shape index (κ3) is 2.71. The number of hydrogen-bond donors (Lipinski definition) is 2. The van der Waals surface area contributed by atoms with Crippen molar-refractivity contribution in [3.8, 4) is 0 Å². The summed E-state index contributed by atoms with van der Waals surface area (Å²) in [6.45, 7) is 0.897. The summed E-state index contributed by atoms with van der Waals surface area (Å²) in [5.41, 5.74) is 0. The maximum atomic E-state index is 11.8. The van der Waals surface area contributed by atoms with Crippen LogP contribution in [0.5, 0.6) is 0 Å². The van der Waals surface area contributed by atoms with E-state index in [9.17, 15) is 4.79 Å². The average Bonchev–Trinajstić information content (AvgIpc) is 2.33. The fraction of sp³-hybridized carbons (Fsp3) is 0.455. The van der Waals surface area contributed by atoms with Crippen LogP contribution in [0.3, 0.4) is 0 Å². The minimum atomic E-state index is -0.119. The molecule has 0 bridgehead atoms. The number of carbonyl (C=O) groups excluding carboxylic acids is 1. The van der Waals surface area contributed by atoms with Crippen molar-refractivity contribution >= 4 is 23.3 Å². The molecule has 0 saturated carbocycles. The normalized spacial score (nSPS) is 20.4. The Balaban J connectivity index is 1.99. The molecule has 0 radical (unpaired) electrons. The first kappa shape index (κ1) is 11.4. The largest absolute Gasteiger partial charge is 0.308 e. The molecule has 2 heterocycles. The van der Waals surface area contributed by atoms with Gasteiger partial charge in [0, 0.05) is 6.20 Å². The molecule has 5 heteroatoms. The van der Waals surface area contributed by atoms with Gasteiger partial charge < -0.3 is 10.6 Å². The fourth-order valence-electron chi connectivity index (χ4n) is 1.76. The van der Waals surface area contributed by atoms with E-state index in [4.69, 9.17) is 11.6 Å². The quantitative estimate of drug-likeness (QED) is 0.828. The summed E-state index contributed by atoms with van der Waals surface area (Å²) in [7, 11) is 0. The monoisotopic (exact) mass is 239 g/mol. The number of piperidine rings is 1. The number of pyridine rings is 1. The van der Waals surface area contributed by atoms with Gasteiger partial charge in [0.1, 0.15) is 0 Å². The van der Waals surface area contributed by atoms with Crippen LogP contribution in [0.2, 0.25) is 5.02 Å². The molecule has 0 aromatic carbocycles. The summed E-state index contributed by atoms with van der Waals surface area (Å²) >= 11 is 5.91. The van der Waals surface area contributed by atoms with Crippen molar-refractivity contribution in [1.29, 1.82) is 0 Å². The number of hydrogen-bond acceptors (Lipinski definition) is 3. The van der Waals surface area contributed by atoms with E-state index in [2.05, 4.69) is 15.6 Å². The summed E-state index contributed by atoms with van der Waals surface area (Å²) in [6, 6.07) is 3.32. The number of nitrogens with one attached hydrogen (secondary N) is 2. The van der Waals surface area contributed by atoms with E-state index in [0.717, 1.165) is 25.8 Å². The Morgan fingerprint density at radius 2 is 2.44 bits per heavy atom. The lowest BCUT2D eigenvalue weighted by Crippen LogP contribution is -2.43. The van der Waals surface area contributed by atoms with Gasteiger partial charge in [0.2, 0.25) is 5.91 Å². The standard InChI is InChI=1S/C11H14ClN3O/c12-8-4-3-7-14-10(8)15-11(16)9-5-1-2-6-13-9/h3-4,7,9,13H,1-2,5-6H2,(H,14,15,16)/t9-/m0/s1. The van der Waals surface area contributed by atoms with Crippen LogP contribution < -0.4 is 10.6 Å².